The summed E-state index contributed by atoms with van der Waals surface area (Å²) < 4.78 is 11.9. The molecular weight excluding hydrogens is 600 g/mol. The monoisotopic (exact) mass is 630 g/mol. The van der Waals surface area contributed by atoms with Crippen LogP contribution in [0.25, 0.3) is 0 Å². The molecule has 8 nitrogen and oxygen atoms in total. The second kappa shape index (κ2) is 11.6. The molecule has 2 bridgehead atoms. The molecule has 3 heterocycles. The predicted octanol–water partition coefficient (Wildman–Crippen LogP) is 3.77. The SMILES string of the molecule is C=CCN(C(=O)C1N([C@@H](CO)Cc2ccccc2)C(=O)[C@@H]2[C@@H](C(=O)OCC)[C@@H]3OC12CC3Br)c1ccccc1Cl. The van der Waals surface area contributed by atoms with Gasteiger partial charge in [-0.15, -0.1) is 6.58 Å². The van der Waals surface area contributed by atoms with E-state index >= 15 is 0 Å². The summed E-state index contributed by atoms with van der Waals surface area (Å²) in [5.74, 6) is -3.15. The number of halogens is 2. The minimum Gasteiger partial charge on any atom is -0.466 e. The number of alkyl halides is 1. The third-order valence-electron chi connectivity index (χ3n) is 8.16. The zero-order chi connectivity index (χ0) is 28.6. The molecule has 3 aliphatic heterocycles. The molecule has 5 rings (SSSR count). The van der Waals surface area contributed by atoms with Gasteiger partial charge in [-0.2, -0.15) is 0 Å². The van der Waals surface area contributed by atoms with Crippen LogP contribution in [0.3, 0.4) is 0 Å². The summed E-state index contributed by atoms with van der Waals surface area (Å²) in [4.78, 5) is 45.0. The summed E-state index contributed by atoms with van der Waals surface area (Å²) in [6.07, 6.45) is 1.62. The quantitative estimate of drug-likeness (QED) is 0.244. The van der Waals surface area contributed by atoms with Crippen LogP contribution in [0.4, 0.5) is 5.69 Å². The highest BCUT2D eigenvalue weighted by Gasteiger charge is 2.77. The second-order valence-electron chi connectivity index (χ2n) is 10.4. The Bertz CT molecular complexity index is 1290. The van der Waals surface area contributed by atoms with Crippen LogP contribution in [0.15, 0.2) is 67.3 Å². The van der Waals surface area contributed by atoms with Crippen molar-refractivity contribution in [3.63, 3.8) is 0 Å². The number of anilines is 1. The molecule has 3 fully saturated rings. The lowest BCUT2D eigenvalue weighted by Crippen LogP contribution is -2.59. The van der Waals surface area contributed by atoms with Gasteiger partial charge in [0.2, 0.25) is 5.91 Å². The summed E-state index contributed by atoms with van der Waals surface area (Å²) in [7, 11) is 0. The topological polar surface area (TPSA) is 96.4 Å². The number of benzene rings is 2. The number of hydrogen-bond donors (Lipinski definition) is 1. The van der Waals surface area contributed by atoms with Gasteiger partial charge in [0.15, 0.2) is 0 Å². The van der Waals surface area contributed by atoms with Gasteiger partial charge >= 0.3 is 5.97 Å². The number of rotatable bonds is 10. The van der Waals surface area contributed by atoms with Crippen LogP contribution in [-0.4, -0.2) is 76.2 Å². The van der Waals surface area contributed by atoms with Crippen molar-refractivity contribution >= 4 is 51.0 Å². The summed E-state index contributed by atoms with van der Waals surface area (Å²) in [6.45, 7) is 5.44. The van der Waals surface area contributed by atoms with Gasteiger partial charge in [0.05, 0.1) is 47.9 Å². The maximum atomic E-state index is 14.7. The van der Waals surface area contributed by atoms with Crippen molar-refractivity contribution < 1.29 is 29.0 Å². The number of hydrogen-bond acceptors (Lipinski definition) is 6. The van der Waals surface area contributed by atoms with Gasteiger partial charge in [0.1, 0.15) is 11.6 Å². The van der Waals surface area contributed by atoms with Gasteiger partial charge in [0.25, 0.3) is 5.91 Å². The van der Waals surface area contributed by atoms with Crippen LogP contribution < -0.4 is 4.90 Å². The fraction of sp³-hybridized carbons (Fsp3) is 0.433. The zero-order valence-corrected chi connectivity index (χ0v) is 24.5. The molecule has 3 aliphatic rings. The molecule has 3 saturated heterocycles. The number of para-hydroxylation sites is 1. The number of esters is 1. The molecule has 7 atom stereocenters. The lowest BCUT2D eigenvalue weighted by atomic mass is 9.70. The Hall–Kier alpha value is -2.72. The van der Waals surface area contributed by atoms with E-state index in [1.165, 1.54) is 9.80 Å². The van der Waals surface area contributed by atoms with Gasteiger partial charge in [-0.3, -0.25) is 14.4 Å². The molecule has 1 N–H and O–H groups in total. The number of carbonyl (C=O) groups is 3. The standard InChI is InChI=1S/C30H32BrClN2O6/c1-3-14-33(22-13-9-8-12-21(22)32)28(37)26-30-16-20(31)25(40-30)23(29(38)39-4-2)24(30)27(36)34(26)19(17-35)15-18-10-6-5-7-11-18/h3,5-13,19-20,23-26,35H,1,4,14-17H2,2H3/t19-,20?,23-,24+,25-,26?,30?/m1/s1. The Morgan fingerprint density at radius 3 is 2.62 bits per heavy atom. The van der Waals surface area contributed by atoms with E-state index in [-0.39, 0.29) is 24.6 Å². The van der Waals surface area contributed by atoms with Crippen LogP contribution in [0.5, 0.6) is 0 Å². The van der Waals surface area contributed by atoms with Crippen molar-refractivity contribution in [3.05, 3.63) is 77.8 Å². The molecular formula is C30H32BrClN2O6. The molecule has 2 aromatic carbocycles. The average Bonchev–Trinajstić information content (AvgIpc) is 3.54. The molecule has 3 unspecified atom stereocenters. The van der Waals surface area contributed by atoms with Crippen molar-refractivity contribution in [2.75, 3.05) is 24.7 Å². The Labute approximate surface area is 247 Å². The first-order chi connectivity index (χ1) is 19.3. The molecule has 0 saturated carbocycles. The Morgan fingerprint density at radius 1 is 1.27 bits per heavy atom. The van der Waals surface area contributed by atoms with Gasteiger partial charge in [0, 0.05) is 11.4 Å². The Balaban J connectivity index is 1.64. The van der Waals surface area contributed by atoms with Crippen molar-refractivity contribution in [1.29, 1.82) is 0 Å². The minimum absolute atomic E-state index is 0.132. The number of aliphatic hydroxyl groups excluding tert-OH is 1. The summed E-state index contributed by atoms with van der Waals surface area (Å²) >= 11 is 10.2. The molecule has 0 aliphatic carbocycles. The number of aliphatic hydroxyl groups is 1. The molecule has 40 heavy (non-hydrogen) atoms. The maximum absolute atomic E-state index is 14.7. The molecule has 1 spiro atoms. The fourth-order valence-electron chi connectivity index (χ4n) is 6.64. The van der Waals surface area contributed by atoms with Crippen molar-refractivity contribution in [3.8, 4) is 0 Å². The summed E-state index contributed by atoms with van der Waals surface area (Å²) in [5, 5.41) is 11.0. The number of nitrogens with zero attached hydrogens (tertiary/aromatic N) is 2. The van der Waals surface area contributed by atoms with E-state index in [9.17, 15) is 19.5 Å². The lowest BCUT2D eigenvalue weighted by Gasteiger charge is -2.39. The van der Waals surface area contributed by atoms with Gasteiger partial charge < -0.3 is 24.4 Å². The first-order valence-electron chi connectivity index (χ1n) is 13.4. The van der Waals surface area contributed by atoms with Crippen LogP contribution in [0.1, 0.15) is 18.9 Å². The summed E-state index contributed by atoms with van der Waals surface area (Å²) in [5.41, 5.74) is 0.0689. The van der Waals surface area contributed by atoms with E-state index in [0.29, 0.717) is 23.6 Å². The van der Waals surface area contributed by atoms with Crippen molar-refractivity contribution in [1.82, 2.24) is 4.90 Å². The molecule has 2 aromatic rings. The van der Waals surface area contributed by atoms with Gasteiger partial charge in [-0.25, -0.2) is 0 Å². The minimum atomic E-state index is -1.30. The normalized spacial score (nSPS) is 29.2. The van der Waals surface area contributed by atoms with Crippen LogP contribution >= 0.6 is 27.5 Å². The second-order valence-corrected chi connectivity index (χ2v) is 12.0. The Kier molecular flexibility index (Phi) is 8.38. The molecule has 0 radical (unpaired) electrons. The van der Waals surface area contributed by atoms with Gasteiger partial charge in [-0.1, -0.05) is 76.1 Å². The highest BCUT2D eigenvalue weighted by molar-refractivity contribution is 9.09. The number of likely N-dealkylation sites (tertiary alicyclic amines) is 1. The number of ether oxygens (including phenoxy) is 2. The number of carbonyl (C=O) groups excluding carboxylic acids is 3. The molecule has 0 aromatic heterocycles. The number of fused-ring (bicyclic) bond motifs is 1. The van der Waals surface area contributed by atoms with Crippen molar-refractivity contribution in [2.45, 2.75) is 48.4 Å². The number of amides is 2. The van der Waals surface area contributed by atoms with Crippen LogP contribution in [0, 0.1) is 11.8 Å². The van der Waals surface area contributed by atoms with E-state index in [4.69, 9.17) is 21.1 Å². The smallest absolute Gasteiger partial charge is 0.312 e. The average molecular weight is 632 g/mol. The van der Waals surface area contributed by atoms with E-state index in [0.717, 1.165) is 5.56 Å². The molecule has 212 valence electrons. The summed E-state index contributed by atoms with van der Waals surface area (Å²) in [6, 6.07) is 14.6. The molecule has 2 amide bonds. The first kappa shape index (κ1) is 28.8. The Morgan fingerprint density at radius 2 is 1.98 bits per heavy atom. The van der Waals surface area contributed by atoms with Crippen LogP contribution in [-0.2, 0) is 30.3 Å². The van der Waals surface area contributed by atoms with E-state index in [2.05, 4.69) is 22.5 Å². The highest BCUT2D eigenvalue weighted by atomic mass is 79.9. The lowest BCUT2D eigenvalue weighted by molar-refractivity contribution is -0.155. The molecule has 10 heteroatoms. The largest absolute Gasteiger partial charge is 0.466 e. The van der Waals surface area contributed by atoms with E-state index < -0.39 is 53.4 Å². The van der Waals surface area contributed by atoms with Crippen molar-refractivity contribution in [2.24, 2.45) is 11.8 Å². The van der Waals surface area contributed by atoms with E-state index in [1.807, 2.05) is 30.3 Å². The fourth-order valence-corrected chi connectivity index (χ4v) is 7.82. The zero-order valence-electron chi connectivity index (χ0n) is 22.1. The highest BCUT2D eigenvalue weighted by Crippen LogP contribution is 2.61. The van der Waals surface area contributed by atoms with Crippen LogP contribution in [0.2, 0.25) is 5.02 Å². The first-order valence-corrected chi connectivity index (χ1v) is 14.7. The van der Waals surface area contributed by atoms with Gasteiger partial charge in [-0.05, 0) is 37.5 Å². The maximum Gasteiger partial charge on any atom is 0.312 e. The predicted molar refractivity (Wildman–Crippen MR) is 154 cm³/mol. The third kappa shape index (κ3) is 4.66. The van der Waals surface area contributed by atoms with E-state index in [1.54, 1.807) is 37.3 Å². The third-order valence-corrected chi connectivity index (χ3v) is 9.32.